The molecule has 132 valence electrons. The number of hydrogen-bond acceptors (Lipinski definition) is 5. The Morgan fingerprint density at radius 2 is 1.92 bits per heavy atom. The van der Waals surface area contributed by atoms with Gasteiger partial charge in [0, 0.05) is 37.0 Å². The van der Waals surface area contributed by atoms with E-state index in [1.54, 1.807) is 31.4 Å². The standard InChI is InChI=1S/C19H23N3O3/c1-13(17-6-4-5-8-20-17)21-18-7-9-22(19(18)23)14-10-15(24-2)12-16(11-14)25-3/h4-6,8,10-13,18,21H,7,9H2,1-3H3/t13-,18-/m1/s1. The first-order valence-corrected chi connectivity index (χ1v) is 8.34. The van der Waals surface area contributed by atoms with Crippen LogP contribution >= 0.6 is 0 Å². The number of methoxy groups -OCH3 is 2. The van der Waals surface area contributed by atoms with Crippen molar-refractivity contribution in [2.24, 2.45) is 0 Å². The van der Waals surface area contributed by atoms with Gasteiger partial charge in [0.1, 0.15) is 11.5 Å². The Balaban J connectivity index is 1.74. The first-order valence-electron chi connectivity index (χ1n) is 8.34. The number of nitrogens with zero attached hydrogens (tertiary/aromatic N) is 2. The van der Waals surface area contributed by atoms with Gasteiger partial charge in [-0.2, -0.15) is 0 Å². The minimum atomic E-state index is -0.228. The number of rotatable bonds is 6. The highest BCUT2D eigenvalue weighted by Crippen LogP contribution is 2.31. The molecule has 1 aliphatic rings. The second-order valence-corrected chi connectivity index (χ2v) is 6.04. The van der Waals surface area contributed by atoms with Gasteiger partial charge in [0.2, 0.25) is 5.91 Å². The van der Waals surface area contributed by atoms with Gasteiger partial charge in [-0.05, 0) is 25.5 Å². The Kier molecular flexibility index (Phi) is 5.19. The summed E-state index contributed by atoms with van der Waals surface area (Å²) in [6.45, 7) is 2.68. The number of amides is 1. The van der Waals surface area contributed by atoms with Gasteiger partial charge in [0.15, 0.2) is 0 Å². The van der Waals surface area contributed by atoms with Crippen LogP contribution in [0.25, 0.3) is 0 Å². The van der Waals surface area contributed by atoms with Crippen molar-refractivity contribution in [1.82, 2.24) is 10.3 Å². The third-order valence-corrected chi connectivity index (χ3v) is 4.44. The highest BCUT2D eigenvalue weighted by molar-refractivity contribution is 5.99. The van der Waals surface area contributed by atoms with Gasteiger partial charge < -0.3 is 14.4 Å². The van der Waals surface area contributed by atoms with Gasteiger partial charge in [0.05, 0.1) is 31.6 Å². The number of ether oxygens (including phenoxy) is 2. The number of pyridine rings is 1. The molecule has 0 saturated carbocycles. The lowest BCUT2D eigenvalue weighted by Crippen LogP contribution is -2.39. The first-order chi connectivity index (χ1) is 12.1. The first kappa shape index (κ1) is 17.2. The zero-order valence-corrected chi connectivity index (χ0v) is 14.7. The van der Waals surface area contributed by atoms with Crippen LogP contribution in [0, 0.1) is 0 Å². The van der Waals surface area contributed by atoms with Crippen molar-refractivity contribution < 1.29 is 14.3 Å². The van der Waals surface area contributed by atoms with Crippen molar-refractivity contribution in [2.45, 2.75) is 25.4 Å². The number of aromatic nitrogens is 1. The lowest BCUT2D eigenvalue weighted by molar-refractivity contribution is -0.119. The fourth-order valence-corrected chi connectivity index (χ4v) is 3.06. The fraction of sp³-hybridized carbons (Fsp3) is 0.368. The lowest BCUT2D eigenvalue weighted by atomic mass is 10.1. The number of carbonyl (C=O) groups is 1. The average molecular weight is 341 g/mol. The maximum Gasteiger partial charge on any atom is 0.244 e. The zero-order chi connectivity index (χ0) is 17.8. The van der Waals surface area contributed by atoms with Crippen molar-refractivity contribution in [3.8, 4) is 11.5 Å². The van der Waals surface area contributed by atoms with Gasteiger partial charge >= 0.3 is 0 Å². The number of hydrogen-bond donors (Lipinski definition) is 1. The summed E-state index contributed by atoms with van der Waals surface area (Å²) in [4.78, 5) is 19.0. The molecule has 1 amide bonds. The molecule has 6 nitrogen and oxygen atoms in total. The van der Waals surface area contributed by atoms with Crippen LogP contribution < -0.4 is 19.7 Å². The summed E-state index contributed by atoms with van der Waals surface area (Å²) in [5.74, 6) is 1.39. The van der Waals surface area contributed by atoms with E-state index in [0.717, 1.165) is 17.8 Å². The summed E-state index contributed by atoms with van der Waals surface area (Å²) in [7, 11) is 3.20. The molecule has 1 aromatic heterocycles. The summed E-state index contributed by atoms with van der Waals surface area (Å²) < 4.78 is 10.6. The molecule has 3 rings (SSSR count). The van der Waals surface area contributed by atoms with E-state index < -0.39 is 0 Å². The monoisotopic (exact) mass is 341 g/mol. The van der Waals surface area contributed by atoms with E-state index >= 15 is 0 Å². The van der Waals surface area contributed by atoms with E-state index in [1.807, 2.05) is 37.3 Å². The number of carbonyl (C=O) groups excluding carboxylic acids is 1. The molecule has 2 heterocycles. The molecular weight excluding hydrogens is 318 g/mol. The van der Waals surface area contributed by atoms with Gasteiger partial charge in [-0.15, -0.1) is 0 Å². The largest absolute Gasteiger partial charge is 0.497 e. The van der Waals surface area contributed by atoms with Crippen LogP contribution in [-0.2, 0) is 4.79 Å². The van der Waals surface area contributed by atoms with E-state index in [0.29, 0.717) is 18.0 Å². The number of benzene rings is 1. The van der Waals surface area contributed by atoms with Crippen LogP contribution in [0.4, 0.5) is 5.69 Å². The Hall–Kier alpha value is -2.60. The van der Waals surface area contributed by atoms with Crippen LogP contribution in [0.5, 0.6) is 11.5 Å². The third-order valence-electron chi connectivity index (χ3n) is 4.44. The Morgan fingerprint density at radius 3 is 2.52 bits per heavy atom. The SMILES string of the molecule is COc1cc(OC)cc(N2CC[C@@H](N[C@H](C)c3ccccn3)C2=O)c1. The predicted octanol–water partition coefficient (Wildman–Crippen LogP) is 2.55. The molecule has 0 bridgehead atoms. The predicted molar refractivity (Wildman–Crippen MR) is 96.1 cm³/mol. The molecule has 2 atom stereocenters. The minimum absolute atomic E-state index is 0.00921. The number of anilines is 1. The quantitative estimate of drug-likeness (QED) is 0.875. The van der Waals surface area contributed by atoms with Gasteiger partial charge in [-0.25, -0.2) is 0 Å². The van der Waals surface area contributed by atoms with Gasteiger partial charge in [0.25, 0.3) is 0 Å². The van der Waals surface area contributed by atoms with E-state index in [4.69, 9.17) is 9.47 Å². The van der Waals surface area contributed by atoms with Gasteiger partial charge in [-0.3, -0.25) is 15.1 Å². The van der Waals surface area contributed by atoms with Crippen LogP contribution in [0.15, 0.2) is 42.6 Å². The Morgan fingerprint density at radius 1 is 1.20 bits per heavy atom. The molecule has 1 aliphatic heterocycles. The molecule has 1 N–H and O–H groups in total. The molecule has 0 unspecified atom stereocenters. The number of nitrogens with one attached hydrogen (secondary N) is 1. The van der Waals surface area contributed by atoms with E-state index in [-0.39, 0.29) is 18.0 Å². The minimum Gasteiger partial charge on any atom is -0.497 e. The van der Waals surface area contributed by atoms with Crippen LogP contribution in [0.3, 0.4) is 0 Å². The molecule has 0 spiro atoms. The smallest absolute Gasteiger partial charge is 0.244 e. The van der Waals surface area contributed by atoms with Crippen LogP contribution in [0.1, 0.15) is 25.1 Å². The highest BCUT2D eigenvalue weighted by atomic mass is 16.5. The van der Waals surface area contributed by atoms with Crippen molar-refractivity contribution in [1.29, 1.82) is 0 Å². The van der Waals surface area contributed by atoms with Gasteiger partial charge in [-0.1, -0.05) is 6.07 Å². The summed E-state index contributed by atoms with van der Waals surface area (Å²) in [5, 5.41) is 3.39. The van der Waals surface area contributed by atoms with Crippen molar-refractivity contribution in [2.75, 3.05) is 25.7 Å². The average Bonchev–Trinajstić information content (AvgIpc) is 3.02. The summed E-state index contributed by atoms with van der Waals surface area (Å²) in [5.41, 5.74) is 1.72. The lowest BCUT2D eigenvalue weighted by Gasteiger charge is -2.21. The Labute approximate surface area is 147 Å². The fourth-order valence-electron chi connectivity index (χ4n) is 3.06. The molecule has 2 aromatic rings. The molecular formula is C19H23N3O3. The van der Waals surface area contributed by atoms with Crippen molar-refractivity contribution in [3.05, 3.63) is 48.3 Å². The molecule has 0 aliphatic carbocycles. The van der Waals surface area contributed by atoms with E-state index in [9.17, 15) is 4.79 Å². The van der Waals surface area contributed by atoms with Crippen LogP contribution in [0.2, 0.25) is 0 Å². The summed E-state index contributed by atoms with van der Waals surface area (Å²) in [6, 6.07) is 11.1. The summed E-state index contributed by atoms with van der Waals surface area (Å²) >= 11 is 0. The molecule has 6 heteroatoms. The van der Waals surface area contributed by atoms with Crippen molar-refractivity contribution in [3.63, 3.8) is 0 Å². The highest BCUT2D eigenvalue weighted by Gasteiger charge is 2.34. The normalized spacial score (nSPS) is 18.3. The van der Waals surface area contributed by atoms with Crippen molar-refractivity contribution >= 4 is 11.6 Å². The maximum absolute atomic E-state index is 12.8. The third kappa shape index (κ3) is 3.74. The maximum atomic E-state index is 12.8. The molecule has 0 radical (unpaired) electrons. The topological polar surface area (TPSA) is 63.7 Å². The second-order valence-electron chi connectivity index (χ2n) is 6.04. The second kappa shape index (κ2) is 7.53. The zero-order valence-electron chi connectivity index (χ0n) is 14.7. The summed E-state index contributed by atoms with van der Waals surface area (Å²) in [6.07, 6.45) is 2.51. The molecule has 1 aromatic carbocycles. The molecule has 1 saturated heterocycles. The molecule has 25 heavy (non-hydrogen) atoms. The molecule has 1 fully saturated rings. The van der Waals surface area contributed by atoms with Crippen LogP contribution in [-0.4, -0.2) is 37.7 Å². The van der Waals surface area contributed by atoms with E-state index in [2.05, 4.69) is 10.3 Å². The Bertz CT molecular complexity index is 714. The van der Waals surface area contributed by atoms with E-state index in [1.165, 1.54) is 0 Å².